The second kappa shape index (κ2) is 3.76. The largest absolute Gasteiger partial charge is 0.411 e. The molecule has 4 nitrogen and oxygen atoms in total. The zero-order valence-electron chi connectivity index (χ0n) is 8.93. The SMILES string of the molecule is ON=C1C2CCC(C2)C1N1CCOCC1. The van der Waals surface area contributed by atoms with Crippen molar-refractivity contribution >= 4 is 5.71 Å². The Morgan fingerprint density at radius 2 is 2.07 bits per heavy atom. The molecule has 3 unspecified atom stereocenters. The van der Waals surface area contributed by atoms with Crippen molar-refractivity contribution in [3.8, 4) is 0 Å². The fraction of sp³-hybridized carbons (Fsp3) is 0.909. The molecule has 1 aliphatic heterocycles. The van der Waals surface area contributed by atoms with E-state index in [1.165, 1.54) is 19.3 Å². The minimum absolute atomic E-state index is 0.414. The lowest BCUT2D eigenvalue weighted by Crippen LogP contribution is -2.49. The summed E-state index contributed by atoms with van der Waals surface area (Å²) in [5.41, 5.74) is 1.05. The first-order valence-corrected chi connectivity index (χ1v) is 5.94. The van der Waals surface area contributed by atoms with Crippen molar-refractivity contribution < 1.29 is 9.94 Å². The predicted molar refractivity (Wildman–Crippen MR) is 56.2 cm³/mol. The molecule has 1 heterocycles. The molecule has 3 fully saturated rings. The van der Waals surface area contributed by atoms with Crippen LogP contribution in [0.3, 0.4) is 0 Å². The predicted octanol–water partition coefficient (Wildman–Crippen LogP) is 0.947. The number of nitrogens with zero attached hydrogens (tertiary/aromatic N) is 2. The first-order valence-electron chi connectivity index (χ1n) is 5.94. The third-order valence-corrected chi connectivity index (χ3v) is 4.20. The average Bonchev–Trinajstić information content (AvgIpc) is 2.89. The number of fused-ring (bicyclic) bond motifs is 2. The van der Waals surface area contributed by atoms with Gasteiger partial charge in [0.1, 0.15) is 0 Å². The fourth-order valence-electron chi connectivity index (χ4n) is 3.54. The Bertz CT molecular complexity index is 274. The van der Waals surface area contributed by atoms with Crippen LogP contribution in [0.4, 0.5) is 0 Å². The maximum atomic E-state index is 9.12. The quantitative estimate of drug-likeness (QED) is 0.517. The third-order valence-electron chi connectivity index (χ3n) is 4.20. The minimum Gasteiger partial charge on any atom is -0.411 e. The Balaban J connectivity index is 1.79. The van der Waals surface area contributed by atoms with Crippen molar-refractivity contribution in [1.29, 1.82) is 0 Å². The lowest BCUT2D eigenvalue weighted by molar-refractivity contribution is 0.0199. The van der Waals surface area contributed by atoms with E-state index >= 15 is 0 Å². The molecule has 0 radical (unpaired) electrons. The van der Waals surface area contributed by atoms with Gasteiger partial charge in [-0.15, -0.1) is 0 Å². The monoisotopic (exact) mass is 210 g/mol. The molecule has 0 aromatic carbocycles. The number of rotatable bonds is 1. The lowest BCUT2D eigenvalue weighted by atomic mass is 9.92. The topological polar surface area (TPSA) is 45.1 Å². The number of hydrogen-bond donors (Lipinski definition) is 1. The Morgan fingerprint density at radius 3 is 2.80 bits per heavy atom. The summed E-state index contributed by atoms with van der Waals surface area (Å²) < 4.78 is 5.36. The molecule has 1 N–H and O–H groups in total. The minimum atomic E-state index is 0.414. The number of oxime groups is 1. The molecule has 3 atom stereocenters. The summed E-state index contributed by atoms with van der Waals surface area (Å²) in [5, 5.41) is 12.7. The van der Waals surface area contributed by atoms with E-state index in [1.807, 2.05) is 0 Å². The van der Waals surface area contributed by atoms with Gasteiger partial charge in [0.25, 0.3) is 0 Å². The second-order valence-corrected chi connectivity index (χ2v) is 4.89. The van der Waals surface area contributed by atoms with Crippen LogP contribution in [0.15, 0.2) is 5.16 Å². The van der Waals surface area contributed by atoms with Crippen molar-refractivity contribution in [2.45, 2.75) is 25.3 Å². The van der Waals surface area contributed by atoms with Crippen molar-refractivity contribution in [2.75, 3.05) is 26.3 Å². The molecular formula is C11H18N2O2. The summed E-state index contributed by atoms with van der Waals surface area (Å²) in [6.07, 6.45) is 3.78. The van der Waals surface area contributed by atoms with Gasteiger partial charge in [-0.1, -0.05) is 5.16 Å². The summed E-state index contributed by atoms with van der Waals surface area (Å²) in [6.45, 7) is 3.64. The lowest BCUT2D eigenvalue weighted by Gasteiger charge is -2.36. The Labute approximate surface area is 89.9 Å². The van der Waals surface area contributed by atoms with E-state index in [9.17, 15) is 0 Å². The van der Waals surface area contributed by atoms with E-state index in [2.05, 4.69) is 10.1 Å². The van der Waals surface area contributed by atoms with Gasteiger partial charge in [-0.25, -0.2) is 0 Å². The van der Waals surface area contributed by atoms with Crippen molar-refractivity contribution in [2.24, 2.45) is 17.0 Å². The maximum absolute atomic E-state index is 9.12. The Hall–Kier alpha value is -0.610. The van der Waals surface area contributed by atoms with E-state index in [4.69, 9.17) is 9.94 Å². The maximum Gasteiger partial charge on any atom is 0.0775 e. The second-order valence-electron chi connectivity index (χ2n) is 4.89. The molecule has 1 saturated heterocycles. The van der Waals surface area contributed by atoms with Gasteiger partial charge in [-0.3, -0.25) is 4.90 Å². The highest BCUT2D eigenvalue weighted by Crippen LogP contribution is 2.45. The van der Waals surface area contributed by atoms with Gasteiger partial charge in [0, 0.05) is 19.0 Å². The van der Waals surface area contributed by atoms with Crippen LogP contribution in [-0.2, 0) is 4.74 Å². The fourth-order valence-corrected chi connectivity index (χ4v) is 3.54. The summed E-state index contributed by atoms with van der Waals surface area (Å²) in [6, 6.07) is 0.414. The first kappa shape index (κ1) is 9.60. The van der Waals surface area contributed by atoms with Crippen LogP contribution in [0.2, 0.25) is 0 Å². The first-order chi connectivity index (χ1) is 7.40. The normalized spacial score (nSPS) is 44.0. The number of hydrogen-bond acceptors (Lipinski definition) is 4. The summed E-state index contributed by atoms with van der Waals surface area (Å²) in [5.74, 6) is 1.30. The molecule has 0 aromatic rings. The van der Waals surface area contributed by atoms with Gasteiger partial charge in [0.05, 0.1) is 25.0 Å². The zero-order valence-corrected chi connectivity index (χ0v) is 8.93. The highest BCUT2D eigenvalue weighted by atomic mass is 16.5. The number of morpholine rings is 1. The molecular weight excluding hydrogens is 192 g/mol. The van der Waals surface area contributed by atoms with Gasteiger partial charge >= 0.3 is 0 Å². The van der Waals surface area contributed by atoms with Gasteiger partial charge in [0.15, 0.2) is 0 Å². The van der Waals surface area contributed by atoms with E-state index in [0.717, 1.165) is 37.9 Å². The molecule has 3 aliphatic rings. The highest BCUT2D eigenvalue weighted by Gasteiger charge is 2.48. The Kier molecular flexibility index (Phi) is 2.41. The molecule has 84 valence electrons. The van der Waals surface area contributed by atoms with Crippen LogP contribution >= 0.6 is 0 Å². The molecule has 15 heavy (non-hydrogen) atoms. The van der Waals surface area contributed by atoms with Crippen LogP contribution in [0.5, 0.6) is 0 Å². The van der Waals surface area contributed by atoms with Crippen LogP contribution < -0.4 is 0 Å². The summed E-state index contributed by atoms with van der Waals surface area (Å²) in [4.78, 5) is 2.45. The zero-order chi connectivity index (χ0) is 10.3. The van der Waals surface area contributed by atoms with Crippen LogP contribution in [0.25, 0.3) is 0 Å². The highest BCUT2D eigenvalue weighted by molar-refractivity contribution is 5.94. The standard InChI is InChI=1S/C11H18N2O2/c14-12-10-8-1-2-9(7-8)11(10)13-3-5-15-6-4-13/h8-9,11,14H,1-7H2. The van der Waals surface area contributed by atoms with Crippen molar-refractivity contribution in [1.82, 2.24) is 4.90 Å². The summed E-state index contributed by atoms with van der Waals surface area (Å²) in [7, 11) is 0. The van der Waals surface area contributed by atoms with Gasteiger partial charge < -0.3 is 9.94 Å². The summed E-state index contributed by atoms with van der Waals surface area (Å²) >= 11 is 0. The van der Waals surface area contributed by atoms with E-state index in [0.29, 0.717) is 12.0 Å². The third kappa shape index (κ3) is 1.47. The molecule has 0 amide bonds. The van der Waals surface area contributed by atoms with Gasteiger partial charge in [0.2, 0.25) is 0 Å². The number of ether oxygens (including phenoxy) is 1. The van der Waals surface area contributed by atoms with Crippen LogP contribution in [0.1, 0.15) is 19.3 Å². The Morgan fingerprint density at radius 1 is 1.27 bits per heavy atom. The van der Waals surface area contributed by atoms with Gasteiger partial charge in [-0.05, 0) is 25.2 Å². The van der Waals surface area contributed by atoms with Crippen LogP contribution in [-0.4, -0.2) is 48.2 Å². The van der Waals surface area contributed by atoms with Crippen LogP contribution in [0, 0.1) is 11.8 Å². The molecule has 2 aliphatic carbocycles. The van der Waals surface area contributed by atoms with E-state index in [1.54, 1.807) is 0 Å². The van der Waals surface area contributed by atoms with E-state index in [-0.39, 0.29) is 0 Å². The molecule has 2 bridgehead atoms. The molecule has 2 saturated carbocycles. The van der Waals surface area contributed by atoms with E-state index < -0.39 is 0 Å². The smallest absolute Gasteiger partial charge is 0.0775 e. The molecule has 0 aromatic heterocycles. The molecule has 3 rings (SSSR count). The molecule has 0 spiro atoms. The van der Waals surface area contributed by atoms with Crippen molar-refractivity contribution in [3.05, 3.63) is 0 Å². The van der Waals surface area contributed by atoms with Crippen molar-refractivity contribution in [3.63, 3.8) is 0 Å². The average molecular weight is 210 g/mol. The van der Waals surface area contributed by atoms with Gasteiger partial charge in [-0.2, -0.15) is 0 Å². The molecule has 4 heteroatoms.